The van der Waals surface area contributed by atoms with Crippen LogP contribution in [0.2, 0.25) is 0 Å². The third-order valence-corrected chi connectivity index (χ3v) is 7.65. The van der Waals surface area contributed by atoms with Gasteiger partial charge in [-0.1, -0.05) is 18.6 Å². The van der Waals surface area contributed by atoms with Gasteiger partial charge in [0.05, 0.1) is 17.7 Å². The van der Waals surface area contributed by atoms with Crippen LogP contribution in [0.5, 0.6) is 0 Å². The van der Waals surface area contributed by atoms with Gasteiger partial charge in [0, 0.05) is 19.0 Å². The third-order valence-electron chi connectivity index (χ3n) is 7.65. The first-order valence-electron chi connectivity index (χ1n) is 11.6. The molecule has 0 spiro atoms. The largest absolute Gasteiger partial charge is 0.368 e. The first kappa shape index (κ1) is 23.7. The summed E-state index contributed by atoms with van der Waals surface area (Å²) in [5.74, 6) is -5.91. The Balaban J connectivity index is 1.68. The van der Waals surface area contributed by atoms with E-state index in [9.17, 15) is 28.8 Å². The molecule has 2 aliphatic heterocycles. The van der Waals surface area contributed by atoms with E-state index in [1.165, 1.54) is 18.2 Å². The van der Waals surface area contributed by atoms with Crippen molar-refractivity contribution in [2.45, 2.75) is 44.1 Å². The number of hydrogen-bond donors (Lipinski definition) is 3. The van der Waals surface area contributed by atoms with Gasteiger partial charge >= 0.3 is 11.8 Å². The molecular weight excluding hydrogens is 441 g/mol. The summed E-state index contributed by atoms with van der Waals surface area (Å²) >= 11 is 0. The Kier molecular flexibility index (Phi) is 6.55. The topological polar surface area (TPSA) is 145 Å². The summed E-state index contributed by atoms with van der Waals surface area (Å²) in [7, 11) is 0. The fourth-order valence-electron chi connectivity index (χ4n) is 6.14. The summed E-state index contributed by atoms with van der Waals surface area (Å²) in [4.78, 5) is 52.9. The summed E-state index contributed by atoms with van der Waals surface area (Å²) < 4.78 is 14.0. The number of anilines is 1. The Hall–Kier alpha value is -3.48. The number of halogens is 1. The number of nitrogens with zero attached hydrogens (tertiary/aromatic N) is 2. The lowest BCUT2D eigenvalue weighted by Crippen LogP contribution is -2.65. The van der Waals surface area contributed by atoms with Crippen molar-refractivity contribution in [2.24, 2.45) is 29.4 Å². The van der Waals surface area contributed by atoms with Gasteiger partial charge in [-0.05, 0) is 56.1 Å². The molecule has 0 bridgehead atoms. The average Bonchev–Trinajstić information content (AvgIpc) is 3.40. The highest BCUT2D eigenvalue weighted by Gasteiger charge is 2.65. The summed E-state index contributed by atoms with van der Waals surface area (Å²) in [5, 5.41) is 15.2. The highest BCUT2D eigenvalue weighted by molar-refractivity contribution is 6.40. The number of para-hydroxylation sites is 1. The zero-order chi connectivity index (χ0) is 24.5. The molecule has 4 amide bonds. The molecule has 1 aromatic carbocycles. The normalized spacial score (nSPS) is 29.0. The molecule has 34 heavy (non-hydrogen) atoms. The number of nitrogens with two attached hydrogens (primary N) is 1. The van der Waals surface area contributed by atoms with Crippen LogP contribution in [-0.4, -0.2) is 47.2 Å². The second kappa shape index (κ2) is 9.41. The van der Waals surface area contributed by atoms with Crippen molar-refractivity contribution in [2.75, 3.05) is 18.4 Å². The summed E-state index contributed by atoms with van der Waals surface area (Å²) in [6.45, 7) is 0.658. The van der Waals surface area contributed by atoms with Crippen LogP contribution < -0.4 is 16.4 Å². The second-order valence-electron chi connectivity index (χ2n) is 9.38. The first-order valence-corrected chi connectivity index (χ1v) is 11.6. The lowest BCUT2D eigenvalue weighted by Gasteiger charge is -2.43. The van der Waals surface area contributed by atoms with Gasteiger partial charge in [-0.3, -0.25) is 19.2 Å². The van der Waals surface area contributed by atoms with Crippen LogP contribution in [0.3, 0.4) is 0 Å². The molecule has 1 aromatic rings. The summed E-state index contributed by atoms with van der Waals surface area (Å²) in [5.41, 5.74) is 4.06. The number of carbonyl (C=O) groups excluding carboxylic acids is 4. The molecular formula is C24H28FN5O4. The molecule has 4 N–H and O–H groups in total. The van der Waals surface area contributed by atoms with Gasteiger partial charge in [-0.15, -0.1) is 0 Å². The number of hydrogen-bond acceptors (Lipinski definition) is 5. The number of primary amides is 1. The molecule has 3 aliphatic rings. The molecule has 1 saturated carbocycles. The van der Waals surface area contributed by atoms with Crippen LogP contribution in [0.1, 0.15) is 38.5 Å². The first-order chi connectivity index (χ1) is 16.3. The van der Waals surface area contributed by atoms with Crippen molar-refractivity contribution in [3.63, 3.8) is 0 Å². The fourth-order valence-corrected chi connectivity index (χ4v) is 6.14. The van der Waals surface area contributed by atoms with Crippen molar-refractivity contribution < 1.29 is 23.6 Å². The van der Waals surface area contributed by atoms with Crippen molar-refractivity contribution >= 4 is 29.3 Å². The number of nitriles is 1. The summed E-state index contributed by atoms with van der Waals surface area (Å²) in [6.07, 6.45) is 3.51. The van der Waals surface area contributed by atoms with Gasteiger partial charge in [-0.2, -0.15) is 5.26 Å². The number of rotatable bonds is 5. The van der Waals surface area contributed by atoms with E-state index >= 15 is 0 Å². The molecule has 2 saturated heterocycles. The van der Waals surface area contributed by atoms with Crippen molar-refractivity contribution in [3.05, 3.63) is 30.1 Å². The molecule has 0 radical (unpaired) electrons. The minimum Gasteiger partial charge on any atom is -0.368 e. The maximum absolute atomic E-state index is 14.0. The van der Waals surface area contributed by atoms with Crippen LogP contribution in [0.15, 0.2) is 24.3 Å². The predicted molar refractivity (Wildman–Crippen MR) is 119 cm³/mol. The number of piperidine rings is 1. The van der Waals surface area contributed by atoms with Crippen molar-refractivity contribution in [1.29, 1.82) is 5.26 Å². The van der Waals surface area contributed by atoms with E-state index in [-0.39, 0.29) is 36.4 Å². The Morgan fingerprint density at radius 2 is 2.03 bits per heavy atom. The van der Waals surface area contributed by atoms with Crippen LogP contribution in [-0.2, 0) is 19.2 Å². The number of carbonyl (C=O) groups is 4. The van der Waals surface area contributed by atoms with E-state index in [1.807, 2.05) is 0 Å². The van der Waals surface area contributed by atoms with E-state index in [0.717, 1.165) is 30.2 Å². The number of nitrogens with one attached hydrogen (secondary N) is 2. The fraction of sp³-hybridized carbons (Fsp3) is 0.542. The molecule has 0 aromatic heterocycles. The molecule has 3 fully saturated rings. The number of fused-ring (bicyclic) bond motifs is 1. The summed E-state index contributed by atoms with van der Waals surface area (Å²) in [6, 6.07) is 7.59. The van der Waals surface area contributed by atoms with Crippen LogP contribution in [0.4, 0.5) is 10.1 Å². The molecule has 5 atom stereocenters. The molecule has 10 heteroatoms. The van der Waals surface area contributed by atoms with Crippen LogP contribution >= 0.6 is 0 Å². The number of likely N-dealkylation sites (tertiary alicyclic amines) is 1. The monoisotopic (exact) mass is 469 g/mol. The van der Waals surface area contributed by atoms with Gasteiger partial charge in [0.25, 0.3) is 0 Å². The minimum atomic E-state index is -1.71. The lowest BCUT2D eigenvalue weighted by molar-refractivity contribution is -0.153. The molecule has 3 unspecified atom stereocenters. The Morgan fingerprint density at radius 3 is 2.71 bits per heavy atom. The Bertz CT molecular complexity index is 1060. The molecule has 4 rings (SSSR count). The van der Waals surface area contributed by atoms with E-state index in [1.54, 1.807) is 0 Å². The van der Waals surface area contributed by atoms with E-state index < -0.39 is 40.9 Å². The number of benzene rings is 1. The van der Waals surface area contributed by atoms with E-state index in [2.05, 4.69) is 16.7 Å². The quantitative estimate of drug-likeness (QED) is 0.557. The lowest BCUT2D eigenvalue weighted by atomic mass is 9.68. The highest BCUT2D eigenvalue weighted by Crippen LogP contribution is 2.53. The third kappa shape index (κ3) is 3.89. The minimum absolute atomic E-state index is 0.0627. The standard InChI is InChI=1S/C24H28FN5O4/c25-18-8-1-2-9-19(18)29-21(32)22(33)30-13-15-5-3-7-17(15)24(30,23(27)34)16(12-26)11-14-6-4-10-28-20(14)31/h1-2,8-9,14-17H,3-7,10-11,13H2,(H2,27,34)(H,28,31)(H,29,32)/t14-,15?,16+,17?,24?/m0/s1. The van der Waals surface area contributed by atoms with E-state index in [4.69, 9.17) is 5.73 Å². The van der Waals surface area contributed by atoms with Gasteiger partial charge in [0.2, 0.25) is 11.8 Å². The maximum Gasteiger partial charge on any atom is 0.314 e. The van der Waals surface area contributed by atoms with Crippen LogP contribution in [0.25, 0.3) is 0 Å². The molecule has 180 valence electrons. The maximum atomic E-state index is 14.0. The molecule has 9 nitrogen and oxygen atoms in total. The van der Waals surface area contributed by atoms with Crippen molar-refractivity contribution in [3.8, 4) is 6.07 Å². The van der Waals surface area contributed by atoms with E-state index in [0.29, 0.717) is 19.4 Å². The van der Waals surface area contributed by atoms with Gasteiger partial charge in [0.15, 0.2) is 0 Å². The van der Waals surface area contributed by atoms with Crippen molar-refractivity contribution in [1.82, 2.24) is 10.2 Å². The number of amides is 4. The van der Waals surface area contributed by atoms with Gasteiger partial charge < -0.3 is 21.3 Å². The molecule has 1 aliphatic carbocycles. The Morgan fingerprint density at radius 1 is 1.26 bits per heavy atom. The van der Waals surface area contributed by atoms with Gasteiger partial charge in [-0.25, -0.2) is 4.39 Å². The van der Waals surface area contributed by atoms with Crippen LogP contribution in [0, 0.1) is 40.8 Å². The zero-order valence-corrected chi connectivity index (χ0v) is 18.8. The Labute approximate surface area is 196 Å². The highest BCUT2D eigenvalue weighted by atomic mass is 19.1. The average molecular weight is 470 g/mol. The molecule has 2 heterocycles. The second-order valence-corrected chi connectivity index (χ2v) is 9.38. The zero-order valence-electron chi connectivity index (χ0n) is 18.8. The van der Waals surface area contributed by atoms with Gasteiger partial charge in [0.1, 0.15) is 11.4 Å². The predicted octanol–water partition coefficient (Wildman–Crippen LogP) is 1.30. The smallest absolute Gasteiger partial charge is 0.314 e. The SMILES string of the molecule is N#C[C@@H](C[C@@H]1CCCNC1=O)C1(C(N)=O)C2CCCC2CN1C(=O)C(=O)Nc1ccccc1F.